The Labute approximate surface area is 194 Å². The summed E-state index contributed by atoms with van der Waals surface area (Å²) in [6.07, 6.45) is -0.978. The highest BCUT2D eigenvalue weighted by atomic mass is 35.5. The Bertz CT molecular complexity index is 1350. The van der Waals surface area contributed by atoms with Gasteiger partial charge in [0, 0.05) is 16.3 Å². The average Bonchev–Trinajstić information content (AvgIpc) is 2.78. The molecule has 3 aromatic carbocycles. The fourth-order valence-corrected chi connectivity index (χ4v) is 3.74. The van der Waals surface area contributed by atoms with E-state index in [1.165, 1.54) is 12.1 Å². The van der Waals surface area contributed by atoms with Crippen molar-refractivity contribution in [3.63, 3.8) is 0 Å². The van der Waals surface area contributed by atoms with Gasteiger partial charge in [-0.25, -0.2) is 0 Å². The Morgan fingerprint density at radius 3 is 2.41 bits per heavy atom. The molecule has 4 aromatic rings. The van der Waals surface area contributed by atoms with E-state index < -0.39 is 17.4 Å². The third-order valence-electron chi connectivity index (χ3n) is 4.89. The number of hydrogen-bond acceptors (Lipinski definition) is 4. The second kappa shape index (κ2) is 9.07. The van der Waals surface area contributed by atoms with Crippen molar-refractivity contribution in [3.05, 3.63) is 92.6 Å². The molecule has 162 valence electrons. The maximum atomic E-state index is 13.3. The normalized spacial score (nSPS) is 11.9. The molecule has 0 bridgehead atoms. The van der Waals surface area contributed by atoms with Gasteiger partial charge in [-0.1, -0.05) is 71.2 Å². The smallest absolute Gasteiger partial charge is 0.265 e. The molecule has 1 unspecified atom stereocenters. The Hall–Kier alpha value is -3.28. The average molecular weight is 468 g/mol. The van der Waals surface area contributed by atoms with Gasteiger partial charge >= 0.3 is 0 Å². The number of hydrogen-bond donors (Lipinski definition) is 1. The first-order valence-corrected chi connectivity index (χ1v) is 10.6. The molecular weight excluding hydrogens is 449 g/mol. The molecule has 1 aromatic heterocycles. The van der Waals surface area contributed by atoms with Crippen LogP contribution in [0.1, 0.15) is 12.5 Å². The summed E-state index contributed by atoms with van der Waals surface area (Å²) in [6, 6.07) is 19.3. The Balaban J connectivity index is 1.76. The van der Waals surface area contributed by atoms with E-state index in [4.69, 9.17) is 32.4 Å². The SMILES string of the molecule is Cc1ccc(NC(=O)C(C)Oc2c(-c3ccccc3)oc3c(Cl)cc(Cl)cc3c2=O)cc1. The van der Waals surface area contributed by atoms with Crippen LogP contribution in [0.2, 0.25) is 10.0 Å². The number of carbonyl (C=O) groups is 1. The summed E-state index contributed by atoms with van der Waals surface area (Å²) in [5.41, 5.74) is 2.04. The van der Waals surface area contributed by atoms with Crippen LogP contribution in [0.5, 0.6) is 5.75 Å². The molecule has 5 nitrogen and oxygen atoms in total. The molecule has 0 fully saturated rings. The standard InChI is InChI=1S/C25H19Cl2NO4/c1-14-8-10-18(11-9-14)28-25(30)15(2)31-24-21(29)19-12-17(26)13-20(27)23(19)32-22(24)16-6-4-3-5-7-16/h3-13,15H,1-2H3,(H,28,30). The highest BCUT2D eigenvalue weighted by molar-refractivity contribution is 6.38. The number of ether oxygens (including phenoxy) is 1. The molecule has 0 aliphatic heterocycles. The van der Waals surface area contributed by atoms with E-state index in [1.54, 1.807) is 43.3 Å². The van der Waals surface area contributed by atoms with Crippen LogP contribution in [0, 0.1) is 6.92 Å². The minimum absolute atomic E-state index is 0.0893. The van der Waals surface area contributed by atoms with E-state index in [0.717, 1.165) is 5.56 Å². The van der Waals surface area contributed by atoms with Crippen molar-refractivity contribution < 1.29 is 13.9 Å². The topological polar surface area (TPSA) is 68.5 Å². The fourth-order valence-electron chi connectivity index (χ4n) is 3.20. The molecule has 4 rings (SSSR count). The lowest BCUT2D eigenvalue weighted by atomic mass is 10.1. The first-order valence-electron chi connectivity index (χ1n) is 9.89. The minimum atomic E-state index is -0.978. The van der Waals surface area contributed by atoms with Crippen molar-refractivity contribution in [1.29, 1.82) is 0 Å². The van der Waals surface area contributed by atoms with Crippen molar-refractivity contribution in [3.8, 4) is 17.1 Å². The van der Waals surface area contributed by atoms with Gasteiger partial charge in [-0.05, 0) is 38.1 Å². The van der Waals surface area contributed by atoms with Gasteiger partial charge in [-0.3, -0.25) is 9.59 Å². The summed E-state index contributed by atoms with van der Waals surface area (Å²) in [5.74, 6) is -0.313. The maximum absolute atomic E-state index is 13.3. The van der Waals surface area contributed by atoms with Crippen LogP contribution >= 0.6 is 23.2 Å². The van der Waals surface area contributed by atoms with Crippen molar-refractivity contribution in [2.24, 2.45) is 0 Å². The molecule has 0 aliphatic rings. The minimum Gasteiger partial charge on any atom is -0.473 e. The highest BCUT2D eigenvalue weighted by Gasteiger charge is 2.24. The highest BCUT2D eigenvalue weighted by Crippen LogP contribution is 2.35. The number of benzene rings is 3. The first-order chi connectivity index (χ1) is 15.3. The fraction of sp³-hybridized carbons (Fsp3) is 0.120. The van der Waals surface area contributed by atoms with Crippen LogP contribution in [0.3, 0.4) is 0 Å². The Morgan fingerprint density at radius 2 is 1.72 bits per heavy atom. The van der Waals surface area contributed by atoms with E-state index in [2.05, 4.69) is 5.32 Å². The second-order valence-electron chi connectivity index (χ2n) is 7.34. The van der Waals surface area contributed by atoms with Crippen LogP contribution in [-0.4, -0.2) is 12.0 Å². The number of aryl methyl sites for hydroxylation is 1. The summed E-state index contributed by atoms with van der Waals surface area (Å²) >= 11 is 12.4. The molecule has 0 aliphatic carbocycles. The third kappa shape index (κ3) is 4.49. The Morgan fingerprint density at radius 1 is 1.03 bits per heavy atom. The van der Waals surface area contributed by atoms with Crippen LogP contribution < -0.4 is 15.5 Å². The second-order valence-corrected chi connectivity index (χ2v) is 8.18. The molecule has 1 heterocycles. The molecule has 1 atom stereocenters. The zero-order chi connectivity index (χ0) is 22.8. The third-order valence-corrected chi connectivity index (χ3v) is 5.39. The number of rotatable bonds is 5. The van der Waals surface area contributed by atoms with E-state index in [1.807, 2.05) is 25.1 Å². The van der Waals surface area contributed by atoms with Gasteiger partial charge in [0.25, 0.3) is 5.91 Å². The predicted octanol–water partition coefficient (Wildman–Crippen LogP) is 6.48. The van der Waals surface area contributed by atoms with Crippen molar-refractivity contribution >= 4 is 45.8 Å². The molecule has 0 saturated carbocycles. The summed E-state index contributed by atoms with van der Waals surface area (Å²) in [5, 5.41) is 3.45. The number of halogens is 2. The molecule has 7 heteroatoms. The lowest BCUT2D eigenvalue weighted by molar-refractivity contribution is -0.122. The van der Waals surface area contributed by atoms with Gasteiger partial charge in [-0.2, -0.15) is 0 Å². The Kier molecular flexibility index (Phi) is 6.21. The molecule has 0 saturated heterocycles. The zero-order valence-corrected chi connectivity index (χ0v) is 18.8. The van der Waals surface area contributed by atoms with Crippen LogP contribution in [0.4, 0.5) is 5.69 Å². The molecular formula is C25H19Cl2NO4. The largest absolute Gasteiger partial charge is 0.473 e. The number of amides is 1. The molecule has 1 N–H and O–H groups in total. The molecule has 0 spiro atoms. The summed E-state index contributed by atoms with van der Waals surface area (Å²) in [6.45, 7) is 3.52. The lowest BCUT2D eigenvalue weighted by Gasteiger charge is -2.17. The van der Waals surface area contributed by atoms with Gasteiger partial charge in [0.2, 0.25) is 11.2 Å². The van der Waals surface area contributed by atoms with Crippen molar-refractivity contribution in [2.75, 3.05) is 5.32 Å². The predicted molar refractivity (Wildman–Crippen MR) is 128 cm³/mol. The number of fused-ring (bicyclic) bond motifs is 1. The van der Waals surface area contributed by atoms with E-state index >= 15 is 0 Å². The number of carbonyl (C=O) groups excluding carboxylic acids is 1. The van der Waals surface area contributed by atoms with Gasteiger partial charge in [0.15, 0.2) is 17.4 Å². The number of nitrogens with one attached hydrogen (secondary N) is 1. The van der Waals surface area contributed by atoms with Gasteiger partial charge in [0.05, 0.1) is 10.4 Å². The van der Waals surface area contributed by atoms with Crippen molar-refractivity contribution in [1.82, 2.24) is 0 Å². The molecule has 1 amide bonds. The van der Waals surface area contributed by atoms with E-state index in [0.29, 0.717) is 16.3 Å². The van der Waals surface area contributed by atoms with Gasteiger partial charge in [0.1, 0.15) is 0 Å². The van der Waals surface area contributed by atoms with Gasteiger partial charge in [-0.15, -0.1) is 0 Å². The lowest BCUT2D eigenvalue weighted by Crippen LogP contribution is -2.31. The monoisotopic (exact) mass is 467 g/mol. The van der Waals surface area contributed by atoms with Gasteiger partial charge < -0.3 is 14.5 Å². The number of anilines is 1. The van der Waals surface area contributed by atoms with E-state index in [9.17, 15) is 9.59 Å². The zero-order valence-electron chi connectivity index (χ0n) is 17.3. The summed E-state index contributed by atoms with van der Waals surface area (Å²) < 4.78 is 11.9. The quantitative estimate of drug-likeness (QED) is 0.364. The van der Waals surface area contributed by atoms with Crippen LogP contribution in [0.15, 0.2) is 75.9 Å². The summed E-state index contributed by atoms with van der Waals surface area (Å²) in [4.78, 5) is 26.1. The maximum Gasteiger partial charge on any atom is 0.265 e. The first kappa shape index (κ1) is 21.9. The molecule has 32 heavy (non-hydrogen) atoms. The van der Waals surface area contributed by atoms with Crippen LogP contribution in [0.25, 0.3) is 22.3 Å². The van der Waals surface area contributed by atoms with E-state index in [-0.39, 0.29) is 27.5 Å². The summed E-state index contributed by atoms with van der Waals surface area (Å²) in [7, 11) is 0. The molecule has 0 radical (unpaired) electrons. The van der Waals surface area contributed by atoms with Crippen LogP contribution in [-0.2, 0) is 4.79 Å². The van der Waals surface area contributed by atoms with Crippen molar-refractivity contribution in [2.45, 2.75) is 20.0 Å².